The van der Waals surface area contributed by atoms with E-state index in [0.717, 1.165) is 5.56 Å². The van der Waals surface area contributed by atoms with Crippen LogP contribution in [0.2, 0.25) is 0 Å². The molecule has 2 aromatic rings. The molecule has 112 valence electrons. The normalized spacial score (nSPS) is 12.0. The summed E-state index contributed by atoms with van der Waals surface area (Å²) in [6.07, 6.45) is 5.44. The number of benzene rings is 1. The van der Waals surface area contributed by atoms with Crippen molar-refractivity contribution in [3.05, 3.63) is 66.0 Å². The van der Waals surface area contributed by atoms with Gasteiger partial charge in [0.05, 0.1) is 0 Å². The molecule has 1 N–H and O–H groups in total. The molecule has 22 heavy (non-hydrogen) atoms. The highest BCUT2D eigenvalue weighted by Crippen LogP contribution is 2.16. The van der Waals surface area contributed by atoms with Crippen LogP contribution in [0, 0.1) is 0 Å². The van der Waals surface area contributed by atoms with Gasteiger partial charge in [-0.1, -0.05) is 18.2 Å². The molecule has 5 nitrogen and oxygen atoms in total. The average Bonchev–Trinajstić information content (AvgIpc) is 2.53. The maximum atomic E-state index is 12.1. The van der Waals surface area contributed by atoms with Gasteiger partial charge in [0.2, 0.25) is 0 Å². The Kier molecular flexibility index (Phi) is 5.03. The number of aliphatic carboxylic acids is 1. The molecular weight excluding hydrogens is 282 g/mol. The molecule has 0 saturated heterocycles. The molecule has 5 heteroatoms. The smallest absolute Gasteiger partial charge is 0.344 e. The van der Waals surface area contributed by atoms with E-state index in [0.29, 0.717) is 11.3 Å². The molecule has 0 aliphatic heterocycles. The lowest BCUT2D eigenvalue weighted by Crippen LogP contribution is -2.22. The maximum Gasteiger partial charge on any atom is 0.344 e. The van der Waals surface area contributed by atoms with E-state index in [1.165, 1.54) is 19.1 Å². The number of carboxylic acids is 1. The molecule has 2 rings (SSSR count). The molecule has 1 atom stereocenters. The summed E-state index contributed by atoms with van der Waals surface area (Å²) in [5.41, 5.74) is 1.25. The summed E-state index contributed by atoms with van der Waals surface area (Å²) in [6, 6.07) is 10.1. The van der Waals surface area contributed by atoms with Crippen molar-refractivity contribution >= 4 is 17.8 Å². The highest BCUT2D eigenvalue weighted by Gasteiger charge is 2.13. The van der Waals surface area contributed by atoms with Gasteiger partial charge in [-0.2, -0.15) is 0 Å². The van der Waals surface area contributed by atoms with E-state index in [4.69, 9.17) is 9.84 Å². The molecule has 1 aromatic carbocycles. The molecule has 0 saturated carbocycles. The molecule has 0 fully saturated rings. The van der Waals surface area contributed by atoms with Crippen molar-refractivity contribution in [3.8, 4) is 5.75 Å². The van der Waals surface area contributed by atoms with Crippen molar-refractivity contribution < 1.29 is 19.4 Å². The SMILES string of the molecule is C[C@H](Oc1cccc(C(=O)/C=C\c2cccnc2)c1)C(=O)O. The first-order valence-electron chi connectivity index (χ1n) is 6.68. The molecule has 0 amide bonds. The second kappa shape index (κ2) is 7.17. The summed E-state index contributed by atoms with van der Waals surface area (Å²) in [7, 11) is 0. The quantitative estimate of drug-likeness (QED) is 0.655. The van der Waals surface area contributed by atoms with Gasteiger partial charge in [-0.25, -0.2) is 4.79 Å². The number of carbonyl (C=O) groups excluding carboxylic acids is 1. The zero-order valence-electron chi connectivity index (χ0n) is 12.0. The van der Waals surface area contributed by atoms with Crippen LogP contribution in [0.5, 0.6) is 5.75 Å². The van der Waals surface area contributed by atoms with Crippen molar-refractivity contribution in [2.24, 2.45) is 0 Å². The number of pyridine rings is 1. The number of nitrogens with zero attached hydrogens (tertiary/aromatic N) is 1. The van der Waals surface area contributed by atoms with E-state index in [2.05, 4.69) is 4.98 Å². The fraction of sp³-hybridized carbons (Fsp3) is 0.118. The molecular formula is C17H15NO4. The largest absolute Gasteiger partial charge is 0.479 e. The van der Waals surface area contributed by atoms with Crippen LogP contribution in [0.1, 0.15) is 22.8 Å². The number of carbonyl (C=O) groups is 2. The van der Waals surface area contributed by atoms with Crippen molar-refractivity contribution in [1.29, 1.82) is 0 Å². The van der Waals surface area contributed by atoms with E-state index < -0.39 is 12.1 Å². The summed E-state index contributed by atoms with van der Waals surface area (Å²) >= 11 is 0. The molecule has 1 heterocycles. The third-order valence-electron chi connectivity index (χ3n) is 2.89. The predicted octanol–water partition coefficient (Wildman–Crippen LogP) is 2.83. The summed E-state index contributed by atoms with van der Waals surface area (Å²) < 4.78 is 5.24. The lowest BCUT2D eigenvalue weighted by atomic mass is 10.1. The predicted molar refractivity (Wildman–Crippen MR) is 81.8 cm³/mol. The Labute approximate surface area is 127 Å². The number of carboxylic acid groups (broad SMARTS) is 1. The minimum atomic E-state index is -1.06. The first kappa shape index (κ1) is 15.4. The minimum absolute atomic E-state index is 0.197. The van der Waals surface area contributed by atoms with Gasteiger partial charge >= 0.3 is 5.97 Å². The van der Waals surface area contributed by atoms with E-state index in [9.17, 15) is 9.59 Å². The van der Waals surface area contributed by atoms with Gasteiger partial charge in [-0.3, -0.25) is 9.78 Å². The number of aromatic nitrogens is 1. The van der Waals surface area contributed by atoms with Crippen LogP contribution in [0.3, 0.4) is 0 Å². The Balaban J connectivity index is 2.10. The molecule has 1 aromatic heterocycles. The standard InChI is InChI=1S/C17H15NO4/c1-12(17(20)21)22-15-6-2-5-14(10-15)16(19)8-7-13-4-3-9-18-11-13/h2-12H,1H3,(H,20,21)/b8-7-/t12-/m0/s1. The highest BCUT2D eigenvalue weighted by molar-refractivity contribution is 6.07. The lowest BCUT2D eigenvalue weighted by molar-refractivity contribution is -0.144. The molecule has 0 unspecified atom stereocenters. The number of hydrogen-bond acceptors (Lipinski definition) is 4. The summed E-state index contributed by atoms with van der Waals surface area (Å²) in [5.74, 6) is -0.916. The van der Waals surface area contributed by atoms with E-state index in [-0.39, 0.29) is 5.78 Å². The Morgan fingerprint density at radius 1 is 1.27 bits per heavy atom. The fourth-order valence-corrected chi connectivity index (χ4v) is 1.72. The van der Waals surface area contributed by atoms with Crippen LogP contribution in [0.25, 0.3) is 6.08 Å². The van der Waals surface area contributed by atoms with Crippen molar-refractivity contribution in [2.75, 3.05) is 0 Å². The fourth-order valence-electron chi connectivity index (χ4n) is 1.72. The van der Waals surface area contributed by atoms with Crippen LogP contribution < -0.4 is 4.74 Å². The second-order valence-corrected chi connectivity index (χ2v) is 4.61. The summed E-state index contributed by atoms with van der Waals surface area (Å²) in [6.45, 7) is 1.43. The Morgan fingerprint density at radius 2 is 2.09 bits per heavy atom. The maximum absolute atomic E-state index is 12.1. The zero-order chi connectivity index (χ0) is 15.9. The van der Waals surface area contributed by atoms with E-state index >= 15 is 0 Å². The van der Waals surface area contributed by atoms with Gasteiger partial charge in [0, 0.05) is 18.0 Å². The van der Waals surface area contributed by atoms with Crippen LogP contribution >= 0.6 is 0 Å². The zero-order valence-corrected chi connectivity index (χ0v) is 12.0. The number of hydrogen-bond donors (Lipinski definition) is 1. The summed E-state index contributed by atoms with van der Waals surface area (Å²) in [4.78, 5) is 26.8. The summed E-state index contributed by atoms with van der Waals surface area (Å²) in [5, 5.41) is 8.82. The van der Waals surface area contributed by atoms with Gasteiger partial charge < -0.3 is 9.84 Å². The van der Waals surface area contributed by atoms with Crippen molar-refractivity contribution in [1.82, 2.24) is 4.98 Å². The first-order chi connectivity index (χ1) is 10.6. The van der Waals surface area contributed by atoms with Gasteiger partial charge in [0.25, 0.3) is 0 Å². The monoisotopic (exact) mass is 297 g/mol. The van der Waals surface area contributed by atoms with Crippen LogP contribution in [0.15, 0.2) is 54.9 Å². The Hall–Kier alpha value is -2.95. The molecule has 0 bridgehead atoms. The van der Waals surface area contributed by atoms with Gasteiger partial charge in [-0.15, -0.1) is 0 Å². The van der Waals surface area contributed by atoms with Gasteiger partial charge in [0.1, 0.15) is 5.75 Å². The second-order valence-electron chi connectivity index (χ2n) is 4.61. The average molecular weight is 297 g/mol. The number of allylic oxidation sites excluding steroid dienone is 1. The molecule has 0 radical (unpaired) electrons. The minimum Gasteiger partial charge on any atom is -0.479 e. The van der Waals surface area contributed by atoms with Crippen molar-refractivity contribution in [2.45, 2.75) is 13.0 Å². The van der Waals surface area contributed by atoms with Gasteiger partial charge in [-0.05, 0) is 42.8 Å². The number of rotatable bonds is 6. The molecule has 0 spiro atoms. The highest BCUT2D eigenvalue weighted by atomic mass is 16.5. The Bertz CT molecular complexity index is 695. The Morgan fingerprint density at radius 3 is 2.77 bits per heavy atom. The lowest BCUT2D eigenvalue weighted by Gasteiger charge is -2.10. The molecule has 0 aliphatic carbocycles. The number of ether oxygens (including phenoxy) is 1. The van der Waals surface area contributed by atoms with Crippen LogP contribution in [0.4, 0.5) is 0 Å². The van der Waals surface area contributed by atoms with Crippen molar-refractivity contribution in [3.63, 3.8) is 0 Å². The van der Waals surface area contributed by atoms with Gasteiger partial charge in [0.15, 0.2) is 11.9 Å². The van der Waals surface area contributed by atoms with Crippen LogP contribution in [-0.4, -0.2) is 27.9 Å². The third kappa shape index (κ3) is 4.28. The van der Waals surface area contributed by atoms with E-state index in [1.54, 1.807) is 42.7 Å². The number of ketones is 1. The van der Waals surface area contributed by atoms with Crippen LogP contribution in [-0.2, 0) is 4.79 Å². The topological polar surface area (TPSA) is 76.5 Å². The third-order valence-corrected chi connectivity index (χ3v) is 2.89. The first-order valence-corrected chi connectivity index (χ1v) is 6.68. The van der Waals surface area contributed by atoms with E-state index in [1.807, 2.05) is 6.07 Å². The molecule has 0 aliphatic rings.